The molecule has 1 fully saturated rings. The average Bonchev–Trinajstić information content (AvgIpc) is 3.41. The van der Waals surface area contributed by atoms with Gasteiger partial charge in [-0.15, -0.1) is 0 Å². The molecular formula is C22H23ClN6O. The summed E-state index contributed by atoms with van der Waals surface area (Å²) in [5.74, 6) is 0. The minimum Gasteiger partial charge on any atom is -0.358 e. The average molecular weight is 423 g/mol. The van der Waals surface area contributed by atoms with Crippen molar-refractivity contribution in [2.24, 2.45) is 0 Å². The van der Waals surface area contributed by atoms with E-state index >= 15 is 0 Å². The zero-order valence-electron chi connectivity index (χ0n) is 16.8. The summed E-state index contributed by atoms with van der Waals surface area (Å²) in [4.78, 5) is 18.0. The highest BCUT2D eigenvalue weighted by molar-refractivity contribution is 6.28. The minimum atomic E-state index is -0.0526. The van der Waals surface area contributed by atoms with E-state index in [0.717, 1.165) is 66.9 Å². The number of ether oxygens (including phenoxy) is 1. The summed E-state index contributed by atoms with van der Waals surface area (Å²) < 4.78 is 9.99. The van der Waals surface area contributed by atoms with Gasteiger partial charge in [-0.3, -0.25) is 4.57 Å². The Hall–Kier alpha value is -2.77. The second kappa shape index (κ2) is 8.16. The van der Waals surface area contributed by atoms with E-state index in [1.165, 1.54) is 0 Å². The molecule has 30 heavy (non-hydrogen) atoms. The number of fused-ring (bicyclic) bond motifs is 1. The van der Waals surface area contributed by atoms with Gasteiger partial charge in [-0.25, -0.2) is 15.0 Å². The number of hydrogen-bond donors (Lipinski definition) is 0. The molecule has 0 aliphatic carbocycles. The van der Waals surface area contributed by atoms with Crippen molar-refractivity contribution in [2.75, 3.05) is 6.61 Å². The molecule has 0 saturated carbocycles. The van der Waals surface area contributed by atoms with Gasteiger partial charge in [-0.2, -0.15) is 4.98 Å². The molecule has 8 heteroatoms. The van der Waals surface area contributed by atoms with Gasteiger partial charge < -0.3 is 9.30 Å². The van der Waals surface area contributed by atoms with Crippen LogP contribution in [0.15, 0.2) is 43.1 Å². The third-order valence-electron chi connectivity index (χ3n) is 5.43. The summed E-state index contributed by atoms with van der Waals surface area (Å²) >= 11 is 6.28. The van der Waals surface area contributed by atoms with Crippen molar-refractivity contribution in [1.82, 2.24) is 29.1 Å². The van der Waals surface area contributed by atoms with E-state index in [0.29, 0.717) is 5.65 Å². The molecule has 4 aromatic rings. The van der Waals surface area contributed by atoms with Crippen molar-refractivity contribution in [3.05, 3.63) is 48.4 Å². The van der Waals surface area contributed by atoms with Gasteiger partial charge in [-0.05, 0) is 37.3 Å². The zero-order chi connectivity index (χ0) is 20.5. The van der Waals surface area contributed by atoms with Crippen LogP contribution < -0.4 is 0 Å². The lowest BCUT2D eigenvalue weighted by Gasteiger charge is -2.23. The Morgan fingerprint density at radius 2 is 1.90 bits per heavy atom. The van der Waals surface area contributed by atoms with Crippen LogP contribution >= 0.6 is 11.6 Å². The molecule has 0 spiro atoms. The molecule has 1 saturated heterocycles. The lowest BCUT2D eigenvalue weighted by molar-refractivity contribution is -0.0298. The number of nitrogens with zero attached hydrogens (tertiary/aromatic N) is 6. The summed E-state index contributed by atoms with van der Waals surface area (Å²) in [7, 11) is 0. The molecule has 1 aliphatic rings. The Morgan fingerprint density at radius 3 is 2.67 bits per heavy atom. The lowest BCUT2D eigenvalue weighted by Crippen LogP contribution is -2.17. The van der Waals surface area contributed by atoms with E-state index in [1.807, 2.05) is 23.0 Å². The summed E-state index contributed by atoms with van der Waals surface area (Å²) in [6, 6.07) is 8.17. The van der Waals surface area contributed by atoms with Crippen LogP contribution in [0.2, 0.25) is 5.28 Å². The Balaban J connectivity index is 1.50. The van der Waals surface area contributed by atoms with Crippen molar-refractivity contribution in [3.63, 3.8) is 0 Å². The third-order valence-corrected chi connectivity index (χ3v) is 5.60. The number of aryl methyl sites for hydroxylation is 1. The van der Waals surface area contributed by atoms with Gasteiger partial charge in [0.15, 0.2) is 5.65 Å². The molecule has 3 aromatic heterocycles. The van der Waals surface area contributed by atoms with Crippen molar-refractivity contribution in [2.45, 2.75) is 45.4 Å². The lowest BCUT2D eigenvalue weighted by atomic mass is 10.1. The van der Waals surface area contributed by atoms with Crippen LogP contribution in [0.4, 0.5) is 0 Å². The van der Waals surface area contributed by atoms with Gasteiger partial charge in [0.2, 0.25) is 5.28 Å². The highest BCUT2D eigenvalue weighted by atomic mass is 35.5. The van der Waals surface area contributed by atoms with E-state index in [4.69, 9.17) is 16.3 Å². The topological polar surface area (TPSA) is 70.7 Å². The Labute approximate surface area is 179 Å². The predicted molar refractivity (Wildman–Crippen MR) is 116 cm³/mol. The number of rotatable bonds is 5. The van der Waals surface area contributed by atoms with Crippen LogP contribution in [-0.4, -0.2) is 35.7 Å². The van der Waals surface area contributed by atoms with Crippen LogP contribution in [0.5, 0.6) is 0 Å². The minimum absolute atomic E-state index is 0.0526. The van der Waals surface area contributed by atoms with E-state index in [1.54, 1.807) is 6.33 Å². The highest BCUT2D eigenvalue weighted by Gasteiger charge is 2.21. The summed E-state index contributed by atoms with van der Waals surface area (Å²) in [6.45, 7) is 3.88. The van der Waals surface area contributed by atoms with Crippen molar-refractivity contribution in [3.8, 4) is 22.5 Å². The Bertz CT molecular complexity index is 1160. The van der Waals surface area contributed by atoms with Crippen molar-refractivity contribution < 1.29 is 4.74 Å². The van der Waals surface area contributed by atoms with Crippen LogP contribution in [-0.2, 0) is 11.3 Å². The second-order valence-corrected chi connectivity index (χ2v) is 7.90. The molecule has 4 heterocycles. The molecule has 154 valence electrons. The van der Waals surface area contributed by atoms with Crippen molar-refractivity contribution in [1.29, 1.82) is 0 Å². The van der Waals surface area contributed by atoms with E-state index < -0.39 is 0 Å². The zero-order valence-corrected chi connectivity index (χ0v) is 17.6. The second-order valence-electron chi connectivity index (χ2n) is 7.56. The molecule has 1 atom stereocenters. The maximum absolute atomic E-state index is 6.28. The van der Waals surface area contributed by atoms with Gasteiger partial charge in [0, 0.05) is 30.5 Å². The SMILES string of the molecule is CCCn1cnc(-c2ccc(-c3nc(Cl)nc4c3ncn4C3CCCCO3)cc2)c1. The van der Waals surface area contributed by atoms with Gasteiger partial charge in [0.05, 0.1) is 18.3 Å². The molecule has 1 aliphatic heterocycles. The highest BCUT2D eigenvalue weighted by Crippen LogP contribution is 2.31. The van der Waals surface area contributed by atoms with E-state index in [2.05, 4.69) is 49.8 Å². The molecular weight excluding hydrogens is 400 g/mol. The summed E-state index contributed by atoms with van der Waals surface area (Å²) in [5.41, 5.74) is 5.12. The fraction of sp³-hybridized carbons (Fsp3) is 0.364. The first kappa shape index (κ1) is 19.2. The quantitative estimate of drug-likeness (QED) is 0.417. The van der Waals surface area contributed by atoms with Gasteiger partial charge in [-0.1, -0.05) is 31.2 Å². The molecule has 7 nitrogen and oxygen atoms in total. The number of halogens is 1. The molecule has 0 radical (unpaired) electrons. The number of benzene rings is 1. The standard InChI is InChI=1S/C22H23ClN6O/c1-2-10-28-12-17(24-13-28)15-6-8-16(9-7-15)19-20-21(27-22(23)26-19)29(14-25-20)18-5-3-4-11-30-18/h6-9,12-14,18H,2-5,10-11H2,1H3. The molecule has 1 unspecified atom stereocenters. The van der Waals surface area contributed by atoms with E-state index in [9.17, 15) is 0 Å². The molecule has 5 rings (SSSR count). The van der Waals surface area contributed by atoms with Crippen LogP contribution in [0.1, 0.15) is 38.8 Å². The monoisotopic (exact) mass is 422 g/mol. The molecule has 0 N–H and O–H groups in total. The summed E-state index contributed by atoms with van der Waals surface area (Å²) in [5, 5.41) is 0.206. The largest absolute Gasteiger partial charge is 0.358 e. The van der Waals surface area contributed by atoms with Crippen molar-refractivity contribution >= 4 is 22.8 Å². The van der Waals surface area contributed by atoms with Crippen LogP contribution in [0.3, 0.4) is 0 Å². The van der Waals surface area contributed by atoms with Crippen LogP contribution in [0.25, 0.3) is 33.7 Å². The van der Waals surface area contributed by atoms with Gasteiger partial charge in [0.1, 0.15) is 17.4 Å². The fourth-order valence-corrected chi connectivity index (χ4v) is 4.10. The number of aromatic nitrogens is 6. The maximum atomic E-state index is 6.28. The molecule has 1 aromatic carbocycles. The first-order valence-corrected chi connectivity index (χ1v) is 10.7. The maximum Gasteiger partial charge on any atom is 0.225 e. The molecule has 0 amide bonds. The van der Waals surface area contributed by atoms with Gasteiger partial charge in [0.25, 0.3) is 0 Å². The number of imidazole rings is 2. The molecule has 0 bridgehead atoms. The van der Waals surface area contributed by atoms with E-state index in [-0.39, 0.29) is 11.5 Å². The first-order chi connectivity index (χ1) is 14.7. The fourth-order valence-electron chi connectivity index (χ4n) is 3.93. The normalized spacial score (nSPS) is 16.9. The smallest absolute Gasteiger partial charge is 0.225 e. The van der Waals surface area contributed by atoms with Gasteiger partial charge >= 0.3 is 0 Å². The Kier molecular flexibility index (Phi) is 5.23. The van der Waals surface area contributed by atoms with Crippen LogP contribution in [0, 0.1) is 0 Å². The number of hydrogen-bond acceptors (Lipinski definition) is 5. The summed E-state index contributed by atoms with van der Waals surface area (Å²) in [6.07, 6.45) is 9.93. The predicted octanol–water partition coefficient (Wildman–Crippen LogP) is 5.12. The Morgan fingerprint density at radius 1 is 1.07 bits per heavy atom. The first-order valence-electron chi connectivity index (χ1n) is 10.4. The third kappa shape index (κ3) is 3.59.